The van der Waals surface area contributed by atoms with E-state index in [1.54, 1.807) is 0 Å². The summed E-state index contributed by atoms with van der Waals surface area (Å²) in [5.41, 5.74) is 1.26. The normalized spacial score (nSPS) is 24.9. The van der Waals surface area contributed by atoms with E-state index < -0.39 is 0 Å². The van der Waals surface area contributed by atoms with Crippen LogP contribution in [0, 0.1) is 18.8 Å². The molecule has 0 aromatic carbocycles. The third-order valence-electron chi connectivity index (χ3n) is 3.98. The highest BCUT2D eigenvalue weighted by Crippen LogP contribution is 2.42. The van der Waals surface area contributed by atoms with Gasteiger partial charge in [-0.2, -0.15) is 5.10 Å². The average Bonchev–Trinajstić information content (AvgIpc) is 2.83. The van der Waals surface area contributed by atoms with Crippen molar-refractivity contribution >= 4 is 0 Å². The fourth-order valence-electron chi connectivity index (χ4n) is 2.56. The topological polar surface area (TPSA) is 29.9 Å². The van der Waals surface area contributed by atoms with Crippen LogP contribution in [0.15, 0.2) is 12.4 Å². The van der Waals surface area contributed by atoms with Gasteiger partial charge in [0, 0.05) is 6.20 Å². The zero-order valence-corrected chi connectivity index (χ0v) is 11.3. The highest BCUT2D eigenvalue weighted by Gasteiger charge is 2.32. The van der Waals surface area contributed by atoms with Crippen molar-refractivity contribution in [3.63, 3.8) is 0 Å². The van der Waals surface area contributed by atoms with Crippen LogP contribution in [0.1, 0.15) is 44.2 Å². The number of rotatable bonds is 7. The van der Waals surface area contributed by atoms with Crippen LogP contribution < -0.4 is 5.32 Å². The van der Waals surface area contributed by atoms with Crippen LogP contribution in [0.5, 0.6) is 0 Å². The molecule has 0 bridgehead atoms. The molecule has 1 N–H and O–H groups in total. The average molecular weight is 235 g/mol. The van der Waals surface area contributed by atoms with Gasteiger partial charge in [0.25, 0.3) is 0 Å². The second-order valence-corrected chi connectivity index (χ2v) is 5.59. The molecule has 17 heavy (non-hydrogen) atoms. The third-order valence-corrected chi connectivity index (χ3v) is 3.98. The first kappa shape index (κ1) is 12.6. The van der Waals surface area contributed by atoms with Gasteiger partial charge in [-0.25, -0.2) is 0 Å². The Bertz CT molecular complexity index is 345. The molecular formula is C14H25N3. The van der Waals surface area contributed by atoms with Crippen LogP contribution in [0.3, 0.4) is 0 Å². The van der Waals surface area contributed by atoms with Crippen LogP contribution in [0.4, 0.5) is 0 Å². The molecule has 1 aromatic rings. The maximum Gasteiger partial charge on any atom is 0.0531 e. The predicted octanol–water partition coefficient (Wildman–Crippen LogP) is 2.78. The zero-order chi connectivity index (χ0) is 12.3. The lowest BCUT2D eigenvalue weighted by Crippen LogP contribution is -2.17. The molecule has 1 fully saturated rings. The Kier molecular flexibility index (Phi) is 4.21. The Morgan fingerprint density at radius 2 is 2.29 bits per heavy atom. The SMILES string of the molecule is CNCCC(CCC1CC1C)n1cc(C)cn1. The summed E-state index contributed by atoms with van der Waals surface area (Å²) in [7, 11) is 2.02. The number of aryl methyl sites for hydroxylation is 1. The summed E-state index contributed by atoms with van der Waals surface area (Å²) in [6.45, 7) is 5.55. The summed E-state index contributed by atoms with van der Waals surface area (Å²) in [5, 5.41) is 7.72. The quantitative estimate of drug-likeness (QED) is 0.787. The van der Waals surface area contributed by atoms with Crippen LogP contribution in [0.25, 0.3) is 0 Å². The molecule has 1 aliphatic rings. The summed E-state index contributed by atoms with van der Waals surface area (Å²) in [5.74, 6) is 1.96. The summed E-state index contributed by atoms with van der Waals surface area (Å²) < 4.78 is 2.17. The fourth-order valence-corrected chi connectivity index (χ4v) is 2.56. The minimum absolute atomic E-state index is 0.573. The molecule has 1 aromatic heterocycles. The van der Waals surface area contributed by atoms with Gasteiger partial charge in [0.15, 0.2) is 0 Å². The van der Waals surface area contributed by atoms with Gasteiger partial charge in [0.05, 0.1) is 12.2 Å². The number of aromatic nitrogens is 2. The number of hydrogen-bond acceptors (Lipinski definition) is 2. The molecule has 1 heterocycles. The first-order valence-corrected chi connectivity index (χ1v) is 6.86. The second-order valence-electron chi connectivity index (χ2n) is 5.59. The minimum Gasteiger partial charge on any atom is -0.320 e. The van der Waals surface area contributed by atoms with Gasteiger partial charge >= 0.3 is 0 Å². The van der Waals surface area contributed by atoms with Crippen molar-refractivity contribution in [1.29, 1.82) is 0 Å². The van der Waals surface area contributed by atoms with Crippen molar-refractivity contribution in [3.05, 3.63) is 18.0 Å². The van der Waals surface area contributed by atoms with Crippen molar-refractivity contribution in [3.8, 4) is 0 Å². The number of nitrogens with zero attached hydrogens (tertiary/aromatic N) is 2. The molecule has 3 unspecified atom stereocenters. The van der Waals surface area contributed by atoms with Crippen molar-refractivity contribution in [2.24, 2.45) is 11.8 Å². The molecule has 3 atom stereocenters. The summed E-state index contributed by atoms with van der Waals surface area (Å²) >= 11 is 0. The number of hydrogen-bond donors (Lipinski definition) is 1. The minimum atomic E-state index is 0.573. The molecule has 0 amide bonds. The van der Waals surface area contributed by atoms with E-state index in [0.717, 1.165) is 18.4 Å². The molecule has 0 saturated heterocycles. The van der Waals surface area contributed by atoms with E-state index in [4.69, 9.17) is 0 Å². The molecule has 0 spiro atoms. The molecule has 1 aliphatic carbocycles. The molecule has 3 nitrogen and oxygen atoms in total. The smallest absolute Gasteiger partial charge is 0.0531 e. The van der Waals surface area contributed by atoms with E-state index in [1.165, 1.54) is 31.2 Å². The molecule has 0 radical (unpaired) electrons. The fraction of sp³-hybridized carbons (Fsp3) is 0.786. The molecule has 3 heteroatoms. The molecular weight excluding hydrogens is 210 g/mol. The van der Waals surface area contributed by atoms with E-state index in [0.29, 0.717) is 6.04 Å². The maximum absolute atomic E-state index is 4.48. The van der Waals surface area contributed by atoms with Crippen molar-refractivity contribution < 1.29 is 0 Å². The van der Waals surface area contributed by atoms with E-state index in [-0.39, 0.29) is 0 Å². The standard InChI is InChI=1S/C14H25N3/c1-11-9-16-17(10-11)14(6-7-15-3)5-4-13-8-12(13)2/h9-10,12-15H,4-8H2,1-3H3. The first-order chi connectivity index (χ1) is 8.20. The Morgan fingerprint density at radius 3 is 2.82 bits per heavy atom. The second kappa shape index (κ2) is 5.67. The number of nitrogens with one attached hydrogen (secondary N) is 1. The lowest BCUT2D eigenvalue weighted by Gasteiger charge is -2.17. The van der Waals surface area contributed by atoms with E-state index in [1.807, 2.05) is 13.2 Å². The Hall–Kier alpha value is -0.830. The van der Waals surface area contributed by atoms with Gasteiger partial charge in [0.1, 0.15) is 0 Å². The predicted molar refractivity (Wildman–Crippen MR) is 71.0 cm³/mol. The zero-order valence-electron chi connectivity index (χ0n) is 11.3. The van der Waals surface area contributed by atoms with Crippen molar-refractivity contribution in [2.45, 2.75) is 45.6 Å². The van der Waals surface area contributed by atoms with Crippen LogP contribution in [-0.2, 0) is 0 Å². The lowest BCUT2D eigenvalue weighted by molar-refractivity contribution is 0.374. The molecule has 2 rings (SSSR count). The van der Waals surface area contributed by atoms with Gasteiger partial charge in [-0.15, -0.1) is 0 Å². The van der Waals surface area contributed by atoms with Gasteiger partial charge in [-0.05, 0) is 63.6 Å². The summed E-state index contributed by atoms with van der Waals surface area (Å²) in [4.78, 5) is 0. The largest absolute Gasteiger partial charge is 0.320 e. The highest BCUT2D eigenvalue weighted by atomic mass is 15.3. The highest BCUT2D eigenvalue weighted by molar-refractivity contribution is 5.00. The Morgan fingerprint density at radius 1 is 1.53 bits per heavy atom. The van der Waals surface area contributed by atoms with Gasteiger partial charge in [0.2, 0.25) is 0 Å². The van der Waals surface area contributed by atoms with Crippen molar-refractivity contribution in [1.82, 2.24) is 15.1 Å². The van der Waals surface area contributed by atoms with E-state index >= 15 is 0 Å². The Balaban J connectivity index is 1.87. The third kappa shape index (κ3) is 3.56. The van der Waals surface area contributed by atoms with Crippen molar-refractivity contribution in [2.75, 3.05) is 13.6 Å². The molecule has 1 saturated carbocycles. The lowest BCUT2D eigenvalue weighted by atomic mass is 10.0. The Labute approximate surface area is 105 Å². The summed E-state index contributed by atoms with van der Waals surface area (Å²) in [6.07, 6.45) is 9.41. The molecule has 0 aliphatic heterocycles. The van der Waals surface area contributed by atoms with Crippen LogP contribution in [-0.4, -0.2) is 23.4 Å². The van der Waals surface area contributed by atoms with Gasteiger partial charge in [-0.1, -0.05) is 6.92 Å². The van der Waals surface area contributed by atoms with E-state index in [9.17, 15) is 0 Å². The van der Waals surface area contributed by atoms with E-state index in [2.05, 4.69) is 35.1 Å². The first-order valence-electron chi connectivity index (χ1n) is 6.86. The van der Waals surface area contributed by atoms with Gasteiger partial charge < -0.3 is 5.32 Å². The summed E-state index contributed by atoms with van der Waals surface area (Å²) in [6, 6.07) is 0.573. The maximum atomic E-state index is 4.48. The van der Waals surface area contributed by atoms with Gasteiger partial charge in [-0.3, -0.25) is 4.68 Å². The van der Waals surface area contributed by atoms with Crippen LogP contribution in [0.2, 0.25) is 0 Å². The molecule has 96 valence electrons. The monoisotopic (exact) mass is 235 g/mol. The van der Waals surface area contributed by atoms with Crippen LogP contribution >= 0.6 is 0 Å².